The Balaban J connectivity index is 1.92. The lowest BCUT2D eigenvalue weighted by Gasteiger charge is -2.52. The molecule has 0 aromatic rings. The van der Waals surface area contributed by atoms with Crippen molar-refractivity contribution >= 4 is 11.9 Å². The lowest BCUT2D eigenvalue weighted by Crippen LogP contribution is -2.51. The number of carbonyl (C=O) groups excluding carboxylic acids is 2. The molecule has 5 nitrogen and oxygen atoms in total. The molecule has 1 saturated carbocycles. The Morgan fingerprint density at radius 3 is 2.64 bits per heavy atom. The van der Waals surface area contributed by atoms with Crippen LogP contribution in [-0.4, -0.2) is 31.4 Å². The molecule has 2 fully saturated rings. The molecular formula is C17H20O5. The second kappa shape index (κ2) is 4.22. The minimum Gasteiger partial charge on any atom is -0.457 e. The molecule has 5 atom stereocenters. The van der Waals surface area contributed by atoms with E-state index in [9.17, 15) is 9.59 Å². The molecular weight excluding hydrogens is 284 g/mol. The Morgan fingerprint density at radius 1 is 1.18 bits per heavy atom. The third-order valence-electron chi connectivity index (χ3n) is 6.03. The van der Waals surface area contributed by atoms with Crippen LogP contribution in [0.2, 0.25) is 0 Å². The van der Waals surface area contributed by atoms with Gasteiger partial charge in [-0.15, -0.1) is 0 Å². The number of hydrogen-bond acceptors (Lipinski definition) is 5. The van der Waals surface area contributed by atoms with E-state index in [-0.39, 0.29) is 29.4 Å². The third-order valence-corrected chi connectivity index (χ3v) is 6.03. The highest BCUT2D eigenvalue weighted by molar-refractivity contribution is 5.87. The minimum atomic E-state index is -0.710. The molecule has 5 heteroatoms. The van der Waals surface area contributed by atoms with Crippen LogP contribution in [0.25, 0.3) is 0 Å². The van der Waals surface area contributed by atoms with Crippen molar-refractivity contribution in [3.8, 4) is 0 Å². The molecule has 0 N–H and O–H groups in total. The highest BCUT2D eigenvalue weighted by Gasteiger charge is 2.65. The second-order valence-electron chi connectivity index (χ2n) is 7.22. The lowest BCUT2D eigenvalue weighted by molar-refractivity contribution is -0.163. The number of rotatable bonds is 1. The summed E-state index contributed by atoms with van der Waals surface area (Å²) in [7, 11) is 1.52. The van der Waals surface area contributed by atoms with E-state index in [1.54, 1.807) is 6.08 Å². The molecule has 0 unspecified atom stereocenters. The molecule has 22 heavy (non-hydrogen) atoms. The van der Waals surface area contributed by atoms with Crippen LogP contribution in [0.3, 0.4) is 0 Å². The fourth-order valence-corrected chi connectivity index (χ4v) is 5.10. The van der Waals surface area contributed by atoms with Crippen LogP contribution in [0.4, 0.5) is 0 Å². The van der Waals surface area contributed by atoms with E-state index in [0.717, 1.165) is 30.4 Å². The van der Waals surface area contributed by atoms with Gasteiger partial charge in [0.15, 0.2) is 0 Å². The lowest BCUT2D eigenvalue weighted by atomic mass is 9.50. The number of methoxy groups -OCH3 is 1. The smallest absolute Gasteiger partial charge is 0.333 e. The summed E-state index contributed by atoms with van der Waals surface area (Å²) >= 11 is 0. The summed E-state index contributed by atoms with van der Waals surface area (Å²) in [6.07, 6.45) is 5.26. The molecule has 2 aliphatic heterocycles. The van der Waals surface area contributed by atoms with Crippen molar-refractivity contribution in [1.29, 1.82) is 0 Å². The molecule has 118 valence electrons. The van der Waals surface area contributed by atoms with Crippen molar-refractivity contribution < 1.29 is 23.8 Å². The van der Waals surface area contributed by atoms with Gasteiger partial charge in [-0.05, 0) is 31.4 Å². The number of hydrogen-bond donors (Lipinski definition) is 0. The normalized spacial score (nSPS) is 46.0. The van der Waals surface area contributed by atoms with E-state index in [2.05, 4.69) is 6.92 Å². The zero-order valence-corrected chi connectivity index (χ0v) is 13.0. The first kappa shape index (κ1) is 14.0. The van der Waals surface area contributed by atoms with Crippen LogP contribution in [-0.2, 0) is 23.8 Å². The number of esters is 2. The molecule has 0 radical (unpaired) electrons. The molecule has 4 aliphatic rings. The van der Waals surface area contributed by atoms with E-state index in [4.69, 9.17) is 14.2 Å². The van der Waals surface area contributed by atoms with Crippen LogP contribution in [0.5, 0.6) is 0 Å². The average molecular weight is 304 g/mol. The van der Waals surface area contributed by atoms with E-state index in [1.165, 1.54) is 7.11 Å². The van der Waals surface area contributed by atoms with E-state index < -0.39 is 11.7 Å². The van der Waals surface area contributed by atoms with Crippen LogP contribution in [0.15, 0.2) is 23.3 Å². The quantitative estimate of drug-likeness (QED) is 0.694. The second-order valence-corrected chi connectivity index (χ2v) is 7.22. The van der Waals surface area contributed by atoms with Gasteiger partial charge in [-0.2, -0.15) is 0 Å². The average Bonchev–Trinajstić information content (AvgIpc) is 2.72. The molecule has 0 aromatic heterocycles. The molecule has 0 aromatic carbocycles. The molecule has 0 bridgehead atoms. The summed E-state index contributed by atoms with van der Waals surface area (Å²) < 4.78 is 16.2. The van der Waals surface area contributed by atoms with Gasteiger partial charge in [0.2, 0.25) is 6.29 Å². The van der Waals surface area contributed by atoms with Gasteiger partial charge in [-0.25, -0.2) is 4.79 Å². The zero-order valence-electron chi connectivity index (χ0n) is 13.0. The van der Waals surface area contributed by atoms with E-state index in [1.807, 2.05) is 13.0 Å². The van der Waals surface area contributed by atoms with Gasteiger partial charge in [0.05, 0.1) is 5.41 Å². The molecule has 2 heterocycles. The van der Waals surface area contributed by atoms with Gasteiger partial charge in [0.25, 0.3) is 0 Å². The van der Waals surface area contributed by atoms with Gasteiger partial charge >= 0.3 is 11.9 Å². The highest BCUT2D eigenvalue weighted by Crippen LogP contribution is 2.64. The highest BCUT2D eigenvalue weighted by atomic mass is 16.7. The van der Waals surface area contributed by atoms with Crippen molar-refractivity contribution in [2.45, 2.75) is 45.5 Å². The first-order valence-corrected chi connectivity index (χ1v) is 7.79. The predicted octanol–water partition coefficient (Wildman–Crippen LogP) is 2.12. The summed E-state index contributed by atoms with van der Waals surface area (Å²) in [4.78, 5) is 24.4. The van der Waals surface area contributed by atoms with Gasteiger partial charge in [0, 0.05) is 30.1 Å². The van der Waals surface area contributed by atoms with Crippen LogP contribution < -0.4 is 0 Å². The predicted molar refractivity (Wildman–Crippen MR) is 76.5 cm³/mol. The maximum atomic E-state index is 12.4. The summed E-state index contributed by atoms with van der Waals surface area (Å²) in [5.41, 5.74) is 1.07. The van der Waals surface area contributed by atoms with Gasteiger partial charge in [-0.3, -0.25) is 4.79 Å². The Hall–Kier alpha value is -1.62. The Labute approximate surface area is 129 Å². The summed E-state index contributed by atoms with van der Waals surface area (Å²) in [5, 5.41) is 0. The van der Waals surface area contributed by atoms with E-state index >= 15 is 0 Å². The Bertz CT molecular complexity index is 633. The van der Waals surface area contributed by atoms with Crippen molar-refractivity contribution in [1.82, 2.24) is 0 Å². The maximum absolute atomic E-state index is 12.4. The number of carbonyl (C=O) groups is 2. The van der Waals surface area contributed by atoms with E-state index in [0.29, 0.717) is 0 Å². The number of ether oxygens (including phenoxy) is 3. The molecule has 0 spiro atoms. The van der Waals surface area contributed by atoms with Crippen LogP contribution in [0, 0.1) is 16.7 Å². The van der Waals surface area contributed by atoms with Crippen molar-refractivity contribution in [3.63, 3.8) is 0 Å². The standard InChI is InChI=1S/C17H20O5/c1-16-5-4-6-17(2)13(16)11(21-15(17)19)7-9-10(16)8-12(18)22-14(9)20-3/h7-8,11,13-14H,4-6H2,1-3H3/t11-,13+,14-,16+,17+/m0/s1. The third kappa shape index (κ3) is 1.52. The van der Waals surface area contributed by atoms with Gasteiger partial charge < -0.3 is 14.2 Å². The number of cyclic esters (lactones) is 1. The van der Waals surface area contributed by atoms with Crippen LogP contribution in [0.1, 0.15) is 33.1 Å². The van der Waals surface area contributed by atoms with Crippen molar-refractivity contribution in [2.75, 3.05) is 7.11 Å². The number of fused-ring (bicyclic) bond motifs is 2. The fourth-order valence-electron chi connectivity index (χ4n) is 5.10. The van der Waals surface area contributed by atoms with Crippen LogP contribution >= 0.6 is 0 Å². The summed E-state index contributed by atoms with van der Waals surface area (Å²) in [6, 6.07) is 0. The molecule has 2 aliphatic carbocycles. The van der Waals surface area contributed by atoms with Gasteiger partial charge in [0.1, 0.15) is 6.10 Å². The molecule has 0 amide bonds. The zero-order chi connectivity index (χ0) is 15.7. The largest absolute Gasteiger partial charge is 0.457 e. The SMILES string of the molecule is CO[C@H]1OC(=O)C=C2C1=C[C@@H]1OC(=O)[C@]3(C)CCC[C@@]2(C)[C@@H]13. The molecule has 4 rings (SSSR count). The van der Waals surface area contributed by atoms with Gasteiger partial charge in [-0.1, -0.05) is 13.3 Å². The Kier molecular flexibility index (Phi) is 2.69. The first-order valence-electron chi connectivity index (χ1n) is 7.79. The minimum absolute atomic E-state index is 0.0691. The maximum Gasteiger partial charge on any atom is 0.333 e. The molecule has 1 saturated heterocycles. The van der Waals surface area contributed by atoms with Crippen molar-refractivity contribution in [3.05, 3.63) is 23.3 Å². The fraction of sp³-hybridized carbons (Fsp3) is 0.647. The Morgan fingerprint density at radius 2 is 1.91 bits per heavy atom. The first-order chi connectivity index (χ1) is 10.4. The summed E-state index contributed by atoms with van der Waals surface area (Å²) in [6.45, 7) is 4.15. The monoisotopic (exact) mass is 304 g/mol. The topological polar surface area (TPSA) is 61.8 Å². The van der Waals surface area contributed by atoms with Crippen molar-refractivity contribution in [2.24, 2.45) is 16.7 Å². The summed E-state index contributed by atoms with van der Waals surface area (Å²) in [5.74, 6) is -0.429.